The standard InChI is InChI=1S/C14H18ClNO4/c1-9-2-3-10(8-11(9)15)4-5-13(18)16-12(6-7-17)14(19)20/h2-3,8,12,17H,4-7H2,1H3,(H,16,18)(H,19,20). The van der Waals surface area contributed by atoms with E-state index in [2.05, 4.69) is 5.32 Å². The van der Waals surface area contributed by atoms with Gasteiger partial charge in [-0.2, -0.15) is 0 Å². The van der Waals surface area contributed by atoms with Gasteiger partial charge in [0.15, 0.2) is 0 Å². The molecule has 0 saturated carbocycles. The Hall–Kier alpha value is -1.59. The topological polar surface area (TPSA) is 86.6 Å². The summed E-state index contributed by atoms with van der Waals surface area (Å²) >= 11 is 5.99. The van der Waals surface area contributed by atoms with E-state index in [0.29, 0.717) is 11.4 Å². The normalized spacial score (nSPS) is 11.9. The molecule has 20 heavy (non-hydrogen) atoms. The summed E-state index contributed by atoms with van der Waals surface area (Å²) in [7, 11) is 0. The number of carbonyl (C=O) groups excluding carboxylic acids is 1. The summed E-state index contributed by atoms with van der Waals surface area (Å²) < 4.78 is 0. The molecule has 0 bridgehead atoms. The van der Waals surface area contributed by atoms with Crippen molar-refractivity contribution in [3.63, 3.8) is 0 Å². The molecule has 0 aromatic heterocycles. The second-order valence-corrected chi connectivity index (χ2v) is 4.96. The van der Waals surface area contributed by atoms with Gasteiger partial charge < -0.3 is 15.5 Å². The first-order chi connectivity index (χ1) is 9.43. The van der Waals surface area contributed by atoms with Crippen LogP contribution in [0.1, 0.15) is 24.0 Å². The molecule has 0 radical (unpaired) electrons. The highest BCUT2D eigenvalue weighted by atomic mass is 35.5. The summed E-state index contributed by atoms with van der Waals surface area (Å²) in [5, 5.41) is 20.6. The number of amides is 1. The number of aliphatic hydroxyl groups is 1. The van der Waals surface area contributed by atoms with Crippen molar-refractivity contribution in [2.75, 3.05) is 6.61 Å². The smallest absolute Gasteiger partial charge is 0.326 e. The number of hydrogen-bond acceptors (Lipinski definition) is 3. The molecule has 0 aliphatic carbocycles. The van der Waals surface area contributed by atoms with Crippen molar-refractivity contribution < 1.29 is 19.8 Å². The zero-order chi connectivity index (χ0) is 15.1. The molecule has 3 N–H and O–H groups in total. The highest BCUT2D eigenvalue weighted by Crippen LogP contribution is 2.17. The van der Waals surface area contributed by atoms with Crippen LogP contribution < -0.4 is 5.32 Å². The zero-order valence-electron chi connectivity index (χ0n) is 11.2. The Balaban J connectivity index is 2.50. The van der Waals surface area contributed by atoms with E-state index in [1.54, 1.807) is 6.07 Å². The van der Waals surface area contributed by atoms with Crippen LogP contribution in [0.15, 0.2) is 18.2 Å². The highest BCUT2D eigenvalue weighted by molar-refractivity contribution is 6.31. The number of carboxylic acid groups (broad SMARTS) is 1. The van der Waals surface area contributed by atoms with Crippen LogP contribution in [0.2, 0.25) is 5.02 Å². The fourth-order valence-electron chi connectivity index (χ4n) is 1.70. The van der Waals surface area contributed by atoms with Crippen LogP contribution >= 0.6 is 11.6 Å². The van der Waals surface area contributed by atoms with Crippen molar-refractivity contribution in [3.05, 3.63) is 34.3 Å². The van der Waals surface area contributed by atoms with Gasteiger partial charge >= 0.3 is 5.97 Å². The average molecular weight is 300 g/mol. The molecule has 0 aliphatic rings. The van der Waals surface area contributed by atoms with Gasteiger partial charge in [0, 0.05) is 24.5 Å². The van der Waals surface area contributed by atoms with Gasteiger partial charge in [0.25, 0.3) is 0 Å². The van der Waals surface area contributed by atoms with Crippen molar-refractivity contribution in [1.29, 1.82) is 0 Å². The first-order valence-corrected chi connectivity index (χ1v) is 6.70. The Morgan fingerprint density at radius 3 is 2.65 bits per heavy atom. The molecule has 0 fully saturated rings. The average Bonchev–Trinajstić information content (AvgIpc) is 2.39. The minimum Gasteiger partial charge on any atom is -0.480 e. The van der Waals surface area contributed by atoms with Crippen LogP contribution in [-0.4, -0.2) is 34.7 Å². The second-order valence-electron chi connectivity index (χ2n) is 4.55. The molecule has 0 saturated heterocycles. The number of carboxylic acids is 1. The fourth-order valence-corrected chi connectivity index (χ4v) is 1.91. The van der Waals surface area contributed by atoms with E-state index < -0.39 is 12.0 Å². The van der Waals surface area contributed by atoms with E-state index in [0.717, 1.165) is 11.1 Å². The van der Waals surface area contributed by atoms with Gasteiger partial charge in [-0.1, -0.05) is 23.7 Å². The lowest BCUT2D eigenvalue weighted by atomic mass is 10.1. The van der Waals surface area contributed by atoms with Crippen LogP contribution in [0, 0.1) is 6.92 Å². The van der Waals surface area contributed by atoms with Crippen LogP contribution in [0.25, 0.3) is 0 Å². The van der Waals surface area contributed by atoms with Gasteiger partial charge in [-0.05, 0) is 30.5 Å². The summed E-state index contributed by atoms with van der Waals surface area (Å²) in [6.45, 7) is 1.61. The van der Waals surface area contributed by atoms with Crippen molar-refractivity contribution >= 4 is 23.5 Å². The molecule has 6 heteroatoms. The van der Waals surface area contributed by atoms with Crippen LogP contribution in [0.3, 0.4) is 0 Å². The number of halogens is 1. The maximum absolute atomic E-state index is 11.7. The van der Waals surface area contributed by atoms with E-state index >= 15 is 0 Å². The summed E-state index contributed by atoms with van der Waals surface area (Å²) in [6, 6.07) is 4.51. The molecule has 1 aromatic carbocycles. The molecule has 0 heterocycles. The summed E-state index contributed by atoms with van der Waals surface area (Å²) in [4.78, 5) is 22.5. The Labute approximate surface area is 122 Å². The van der Waals surface area contributed by atoms with E-state index in [1.807, 2.05) is 19.1 Å². The number of aliphatic hydroxyl groups excluding tert-OH is 1. The third-order valence-corrected chi connectivity index (χ3v) is 3.34. The molecule has 0 aliphatic heterocycles. The zero-order valence-corrected chi connectivity index (χ0v) is 12.0. The van der Waals surface area contributed by atoms with E-state index in [-0.39, 0.29) is 25.4 Å². The van der Waals surface area contributed by atoms with Crippen LogP contribution in [0.5, 0.6) is 0 Å². The molecular weight excluding hydrogens is 282 g/mol. The van der Waals surface area contributed by atoms with Gasteiger partial charge in [-0.25, -0.2) is 4.79 Å². The first kappa shape index (κ1) is 16.5. The van der Waals surface area contributed by atoms with Crippen molar-refractivity contribution in [1.82, 2.24) is 5.32 Å². The monoisotopic (exact) mass is 299 g/mol. The number of hydrogen-bond donors (Lipinski definition) is 3. The third-order valence-electron chi connectivity index (χ3n) is 2.93. The molecule has 5 nitrogen and oxygen atoms in total. The molecule has 0 spiro atoms. The summed E-state index contributed by atoms with van der Waals surface area (Å²) in [6.07, 6.45) is 0.656. The van der Waals surface area contributed by atoms with E-state index in [9.17, 15) is 9.59 Å². The predicted molar refractivity (Wildman–Crippen MR) is 75.8 cm³/mol. The Bertz CT molecular complexity index is 490. The molecule has 1 unspecified atom stereocenters. The highest BCUT2D eigenvalue weighted by Gasteiger charge is 2.18. The number of aliphatic carboxylic acids is 1. The predicted octanol–water partition coefficient (Wildman–Crippen LogP) is 1.53. The molecule has 1 rings (SSSR count). The molecule has 1 aromatic rings. The number of benzene rings is 1. The lowest BCUT2D eigenvalue weighted by Gasteiger charge is -2.13. The second kappa shape index (κ2) is 7.87. The maximum atomic E-state index is 11.7. The van der Waals surface area contributed by atoms with Gasteiger partial charge in [-0.15, -0.1) is 0 Å². The number of nitrogens with one attached hydrogen (secondary N) is 1. The molecule has 1 atom stereocenters. The largest absolute Gasteiger partial charge is 0.480 e. The van der Waals surface area contributed by atoms with Gasteiger partial charge in [0.2, 0.25) is 5.91 Å². The Morgan fingerprint density at radius 1 is 1.40 bits per heavy atom. The summed E-state index contributed by atoms with van der Waals surface area (Å²) in [5.74, 6) is -1.51. The lowest BCUT2D eigenvalue weighted by molar-refractivity contribution is -0.142. The van der Waals surface area contributed by atoms with Crippen molar-refractivity contribution in [3.8, 4) is 0 Å². The van der Waals surface area contributed by atoms with Crippen molar-refractivity contribution in [2.24, 2.45) is 0 Å². The Kier molecular flexibility index (Phi) is 6.48. The van der Waals surface area contributed by atoms with Crippen LogP contribution in [-0.2, 0) is 16.0 Å². The molecule has 110 valence electrons. The minimum absolute atomic E-state index is 0.00255. The van der Waals surface area contributed by atoms with Crippen molar-refractivity contribution in [2.45, 2.75) is 32.2 Å². The number of rotatable bonds is 7. The third kappa shape index (κ3) is 5.19. The minimum atomic E-state index is -1.15. The van der Waals surface area contributed by atoms with E-state index in [1.165, 1.54) is 0 Å². The van der Waals surface area contributed by atoms with Gasteiger partial charge in [0.1, 0.15) is 6.04 Å². The van der Waals surface area contributed by atoms with Gasteiger partial charge in [0.05, 0.1) is 0 Å². The summed E-state index contributed by atoms with van der Waals surface area (Å²) in [5.41, 5.74) is 1.89. The fraction of sp³-hybridized carbons (Fsp3) is 0.429. The maximum Gasteiger partial charge on any atom is 0.326 e. The van der Waals surface area contributed by atoms with E-state index in [4.69, 9.17) is 21.8 Å². The quantitative estimate of drug-likeness (QED) is 0.712. The SMILES string of the molecule is Cc1ccc(CCC(=O)NC(CCO)C(=O)O)cc1Cl. The number of carbonyl (C=O) groups is 2. The first-order valence-electron chi connectivity index (χ1n) is 6.32. The van der Waals surface area contributed by atoms with Crippen LogP contribution in [0.4, 0.5) is 0 Å². The number of aryl methyl sites for hydroxylation is 2. The Morgan fingerprint density at radius 2 is 2.10 bits per heavy atom. The molecular formula is C14H18ClNO4. The molecule has 1 amide bonds. The van der Waals surface area contributed by atoms with Gasteiger partial charge in [-0.3, -0.25) is 4.79 Å². The lowest BCUT2D eigenvalue weighted by Crippen LogP contribution is -2.41.